The summed E-state index contributed by atoms with van der Waals surface area (Å²) in [6, 6.07) is 0. The maximum atomic E-state index is 12.4. The van der Waals surface area contributed by atoms with Gasteiger partial charge >= 0.3 is 5.97 Å². The van der Waals surface area contributed by atoms with Crippen LogP contribution >= 0.6 is 11.8 Å². The van der Waals surface area contributed by atoms with Crippen molar-refractivity contribution in [2.45, 2.75) is 38.5 Å². The topological polar surface area (TPSA) is 38.3 Å². The molecule has 3 rings (SSSR count). The van der Waals surface area contributed by atoms with Crippen molar-refractivity contribution in [1.29, 1.82) is 0 Å². The molecule has 1 heterocycles. The Morgan fingerprint density at radius 2 is 2.22 bits per heavy atom. The van der Waals surface area contributed by atoms with Crippen LogP contribution in [0.4, 0.5) is 0 Å². The molecule has 2 aliphatic carbocycles. The van der Waals surface area contributed by atoms with Gasteiger partial charge in [-0.3, -0.25) is 4.79 Å². The van der Waals surface area contributed by atoms with E-state index in [0.717, 1.165) is 18.7 Å². The molecule has 3 aliphatic rings. The fourth-order valence-electron chi connectivity index (χ4n) is 4.56. The first-order valence-corrected chi connectivity index (χ1v) is 7.89. The van der Waals surface area contributed by atoms with Crippen LogP contribution in [0.1, 0.15) is 33.6 Å². The van der Waals surface area contributed by atoms with Crippen LogP contribution in [0.15, 0.2) is 0 Å². The summed E-state index contributed by atoms with van der Waals surface area (Å²) in [5.41, 5.74) is 0.0144. The standard InChI is InChI=1S/C14H23NO2S/c1-9(2)13-7-10(13)12(3,11(16)17-4)14(8-13)15-5-6-18-14/h9-10,15H,5-8H2,1-4H3/t10-,12-,13+,14+/m1/s1. The summed E-state index contributed by atoms with van der Waals surface area (Å²) in [7, 11) is 1.53. The van der Waals surface area contributed by atoms with Crippen LogP contribution < -0.4 is 5.32 Å². The summed E-state index contributed by atoms with van der Waals surface area (Å²) in [5.74, 6) is 2.23. The summed E-state index contributed by atoms with van der Waals surface area (Å²) in [6.07, 6.45) is 2.32. The zero-order valence-corrected chi connectivity index (χ0v) is 12.5. The van der Waals surface area contributed by atoms with Gasteiger partial charge < -0.3 is 10.1 Å². The molecule has 0 aromatic heterocycles. The normalized spacial score (nSPS) is 49.7. The first kappa shape index (κ1) is 12.8. The largest absolute Gasteiger partial charge is 0.469 e. The highest BCUT2D eigenvalue weighted by molar-refractivity contribution is 8.01. The Morgan fingerprint density at radius 1 is 1.50 bits per heavy atom. The van der Waals surface area contributed by atoms with E-state index in [1.165, 1.54) is 13.5 Å². The van der Waals surface area contributed by atoms with Crippen LogP contribution in [0.2, 0.25) is 0 Å². The number of ether oxygens (including phenoxy) is 1. The number of nitrogens with one attached hydrogen (secondary N) is 1. The quantitative estimate of drug-likeness (QED) is 0.781. The molecule has 0 amide bonds. The Morgan fingerprint density at radius 3 is 2.72 bits per heavy atom. The molecule has 3 fully saturated rings. The molecule has 0 bridgehead atoms. The summed E-state index contributed by atoms with van der Waals surface area (Å²) in [6.45, 7) is 7.75. The van der Waals surface area contributed by atoms with E-state index < -0.39 is 0 Å². The number of carbonyl (C=O) groups is 1. The van der Waals surface area contributed by atoms with Crippen molar-refractivity contribution in [1.82, 2.24) is 5.32 Å². The first-order chi connectivity index (χ1) is 8.43. The first-order valence-electron chi connectivity index (χ1n) is 6.90. The SMILES string of the molecule is COC(=O)[C@@]1(C)[C@H]2C[C@@]2(C(C)C)C[C@@]12NCCS2. The van der Waals surface area contributed by atoms with E-state index in [1.54, 1.807) is 0 Å². The molecule has 0 radical (unpaired) electrons. The van der Waals surface area contributed by atoms with E-state index in [2.05, 4.69) is 26.1 Å². The van der Waals surface area contributed by atoms with Crippen LogP contribution in [0.25, 0.3) is 0 Å². The lowest BCUT2D eigenvalue weighted by Gasteiger charge is -2.40. The second-order valence-electron chi connectivity index (χ2n) is 6.62. The molecule has 0 unspecified atom stereocenters. The third kappa shape index (κ3) is 1.24. The van der Waals surface area contributed by atoms with Crippen molar-refractivity contribution in [3.05, 3.63) is 0 Å². The van der Waals surface area contributed by atoms with Crippen molar-refractivity contribution in [2.24, 2.45) is 22.7 Å². The highest BCUT2D eigenvalue weighted by Crippen LogP contribution is 2.79. The van der Waals surface area contributed by atoms with Gasteiger partial charge in [0.25, 0.3) is 0 Å². The number of hydrogen-bond donors (Lipinski definition) is 1. The second kappa shape index (κ2) is 3.66. The lowest BCUT2D eigenvalue weighted by atomic mass is 9.80. The highest BCUT2D eigenvalue weighted by Gasteiger charge is 2.80. The fraction of sp³-hybridized carbons (Fsp3) is 0.929. The van der Waals surface area contributed by atoms with Gasteiger partial charge in [0.15, 0.2) is 0 Å². The maximum absolute atomic E-state index is 12.4. The van der Waals surface area contributed by atoms with Crippen LogP contribution in [0, 0.1) is 22.7 Å². The van der Waals surface area contributed by atoms with Crippen molar-refractivity contribution in [3.8, 4) is 0 Å². The molecule has 0 aromatic rings. The van der Waals surface area contributed by atoms with Gasteiger partial charge in [-0.2, -0.15) is 0 Å². The third-order valence-electron chi connectivity index (χ3n) is 5.85. The Kier molecular flexibility index (Phi) is 2.60. The van der Waals surface area contributed by atoms with Crippen LogP contribution in [0.3, 0.4) is 0 Å². The van der Waals surface area contributed by atoms with E-state index >= 15 is 0 Å². The van der Waals surface area contributed by atoms with E-state index in [9.17, 15) is 4.79 Å². The van der Waals surface area contributed by atoms with Gasteiger partial charge in [-0.25, -0.2) is 0 Å². The fourth-order valence-corrected chi connectivity index (χ4v) is 6.21. The summed E-state index contributed by atoms with van der Waals surface area (Å²) >= 11 is 1.94. The Labute approximate surface area is 113 Å². The van der Waals surface area contributed by atoms with Gasteiger partial charge in [-0.05, 0) is 37.0 Å². The van der Waals surface area contributed by atoms with Crippen molar-refractivity contribution >= 4 is 17.7 Å². The van der Waals surface area contributed by atoms with Gasteiger partial charge in [0.1, 0.15) is 0 Å². The predicted molar refractivity (Wildman–Crippen MR) is 73.3 cm³/mol. The van der Waals surface area contributed by atoms with Gasteiger partial charge in [0.05, 0.1) is 17.4 Å². The average molecular weight is 269 g/mol. The van der Waals surface area contributed by atoms with Crippen LogP contribution in [0.5, 0.6) is 0 Å². The van der Waals surface area contributed by atoms with Crippen molar-refractivity contribution in [3.63, 3.8) is 0 Å². The molecule has 0 aromatic carbocycles. The molecule has 1 N–H and O–H groups in total. The molecule has 4 atom stereocenters. The minimum absolute atomic E-state index is 0.0191. The molecule has 4 heteroatoms. The van der Waals surface area contributed by atoms with E-state index in [4.69, 9.17) is 4.74 Å². The molecule has 2 saturated carbocycles. The predicted octanol–water partition coefficient (Wildman–Crippen LogP) is 2.26. The average Bonchev–Trinajstić information content (AvgIpc) is 2.80. The Hall–Kier alpha value is -0.220. The number of fused-ring (bicyclic) bond motifs is 1. The molecule has 1 spiro atoms. The van der Waals surface area contributed by atoms with Crippen molar-refractivity contribution in [2.75, 3.05) is 19.4 Å². The number of thioether (sulfide) groups is 1. The number of rotatable bonds is 2. The summed E-state index contributed by atoms with van der Waals surface area (Å²) in [4.78, 5) is 12.3. The summed E-state index contributed by atoms with van der Waals surface area (Å²) < 4.78 is 5.15. The van der Waals surface area contributed by atoms with Crippen LogP contribution in [-0.2, 0) is 9.53 Å². The number of carbonyl (C=O) groups excluding carboxylic acids is 1. The molecule has 1 aliphatic heterocycles. The second-order valence-corrected chi connectivity index (χ2v) is 8.01. The zero-order chi connectivity index (χ0) is 13.2. The highest BCUT2D eigenvalue weighted by atomic mass is 32.2. The lowest BCUT2D eigenvalue weighted by Crippen LogP contribution is -2.54. The monoisotopic (exact) mass is 269 g/mol. The van der Waals surface area contributed by atoms with Gasteiger partial charge in [-0.15, -0.1) is 11.8 Å². The van der Waals surface area contributed by atoms with Crippen molar-refractivity contribution < 1.29 is 9.53 Å². The van der Waals surface area contributed by atoms with Gasteiger partial charge in [0.2, 0.25) is 0 Å². The molecular formula is C14H23NO2S. The zero-order valence-electron chi connectivity index (χ0n) is 11.7. The minimum Gasteiger partial charge on any atom is -0.469 e. The number of hydrogen-bond acceptors (Lipinski definition) is 4. The maximum Gasteiger partial charge on any atom is 0.314 e. The van der Waals surface area contributed by atoms with E-state index in [0.29, 0.717) is 17.3 Å². The summed E-state index contributed by atoms with van der Waals surface area (Å²) in [5, 5.41) is 3.64. The number of esters is 1. The number of methoxy groups -OCH3 is 1. The smallest absolute Gasteiger partial charge is 0.314 e. The van der Waals surface area contributed by atoms with E-state index in [-0.39, 0.29) is 16.3 Å². The third-order valence-corrected chi connectivity index (χ3v) is 7.47. The molecule has 102 valence electrons. The Balaban J connectivity index is 2.02. The molecule has 1 saturated heterocycles. The lowest BCUT2D eigenvalue weighted by molar-refractivity contribution is -0.154. The molecule has 18 heavy (non-hydrogen) atoms. The Bertz CT molecular complexity index is 391. The van der Waals surface area contributed by atoms with Gasteiger partial charge in [-0.1, -0.05) is 13.8 Å². The minimum atomic E-state index is -0.354. The molecular weight excluding hydrogens is 246 g/mol. The van der Waals surface area contributed by atoms with Crippen LogP contribution in [-0.4, -0.2) is 30.2 Å². The van der Waals surface area contributed by atoms with E-state index in [1.807, 2.05) is 11.8 Å². The van der Waals surface area contributed by atoms with Gasteiger partial charge in [0, 0.05) is 12.3 Å². The molecule has 3 nitrogen and oxygen atoms in total.